The van der Waals surface area contributed by atoms with Crippen LogP contribution < -0.4 is 9.62 Å². The number of benzene rings is 3. The molecule has 0 radical (unpaired) electrons. The van der Waals surface area contributed by atoms with Crippen LogP contribution >= 0.6 is 11.6 Å². The Morgan fingerprint density at radius 3 is 2.13 bits per heavy atom. The second kappa shape index (κ2) is 13.6. The summed E-state index contributed by atoms with van der Waals surface area (Å²) in [5.74, 6) is -1.14. The molecule has 0 saturated carbocycles. The van der Waals surface area contributed by atoms with Crippen LogP contribution in [0.5, 0.6) is 0 Å². The lowest BCUT2D eigenvalue weighted by atomic mass is 10.1. The summed E-state index contributed by atoms with van der Waals surface area (Å²) >= 11 is 5.97. The van der Waals surface area contributed by atoms with Crippen LogP contribution in [0.2, 0.25) is 5.02 Å². The van der Waals surface area contributed by atoms with E-state index in [1.165, 1.54) is 53.4 Å². The van der Waals surface area contributed by atoms with Crippen molar-refractivity contribution in [3.63, 3.8) is 0 Å². The summed E-state index contributed by atoms with van der Waals surface area (Å²) in [4.78, 5) is 28.4. The van der Waals surface area contributed by atoms with Crippen molar-refractivity contribution in [2.45, 2.75) is 44.7 Å². The third-order valence-electron chi connectivity index (χ3n) is 6.06. The van der Waals surface area contributed by atoms with Gasteiger partial charge in [-0.1, -0.05) is 62.7 Å². The maximum atomic E-state index is 13.9. The molecule has 0 bridgehead atoms. The van der Waals surface area contributed by atoms with E-state index in [2.05, 4.69) is 5.32 Å². The number of nitrogens with zero attached hydrogens (tertiary/aromatic N) is 2. The number of hydrogen-bond acceptors (Lipinski definition) is 4. The molecule has 0 aromatic heterocycles. The second-order valence-electron chi connectivity index (χ2n) is 9.51. The smallest absolute Gasteiger partial charge is 0.264 e. The fourth-order valence-electron chi connectivity index (χ4n) is 3.99. The first-order chi connectivity index (χ1) is 18.5. The molecule has 7 nitrogen and oxygen atoms in total. The number of halogens is 2. The highest BCUT2D eigenvalue weighted by molar-refractivity contribution is 7.92. The van der Waals surface area contributed by atoms with Crippen LogP contribution in [0.3, 0.4) is 0 Å². The highest BCUT2D eigenvalue weighted by Gasteiger charge is 2.33. The number of para-hydroxylation sites is 1. The maximum absolute atomic E-state index is 13.9. The van der Waals surface area contributed by atoms with Crippen LogP contribution in [0.1, 0.15) is 32.8 Å². The van der Waals surface area contributed by atoms with E-state index in [-0.39, 0.29) is 23.3 Å². The number of nitrogens with one attached hydrogen (secondary N) is 1. The van der Waals surface area contributed by atoms with Crippen molar-refractivity contribution in [2.24, 2.45) is 5.92 Å². The largest absolute Gasteiger partial charge is 0.354 e. The lowest BCUT2D eigenvalue weighted by molar-refractivity contribution is -0.140. The first-order valence-corrected chi connectivity index (χ1v) is 14.5. The SMILES string of the molecule is CC[C@@H](C(=O)NCC(C)C)N(Cc1ccc(F)cc1)C(=O)CN(c1ccccc1)S(=O)(=O)c1ccc(Cl)cc1. The fraction of sp³-hybridized carbons (Fsp3) is 0.310. The van der Waals surface area contributed by atoms with E-state index in [1.807, 2.05) is 13.8 Å². The summed E-state index contributed by atoms with van der Waals surface area (Å²) < 4.78 is 42.1. The molecule has 10 heteroatoms. The topological polar surface area (TPSA) is 86.8 Å². The van der Waals surface area contributed by atoms with Gasteiger partial charge >= 0.3 is 0 Å². The molecule has 1 N–H and O–H groups in total. The molecule has 0 aliphatic carbocycles. The first-order valence-electron chi connectivity index (χ1n) is 12.7. The van der Waals surface area contributed by atoms with Gasteiger partial charge in [-0.3, -0.25) is 13.9 Å². The van der Waals surface area contributed by atoms with E-state index in [0.29, 0.717) is 29.2 Å². The summed E-state index contributed by atoms with van der Waals surface area (Å²) in [6.45, 7) is 5.57. The number of anilines is 1. The minimum Gasteiger partial charge on any atom is -0.354 e. The van der Waals surface area contributed by atoms with Crippen LogP contribution in [-0.2, 0) is 26.2 Å². The standard InChI is InChI=1S/C29H33ClFN3O4S/c1-4-27(29(36)32-18-21(2)3)33(19-22-10-14-24(31)15-11-22)28(35)20-34(25-8-6-5-7-9-25)39(37,38)26-16-12-23(30)13-17-26/h5-17,21,27H,4,18-20H2,1-3H3,(H,32,36)/t27-/m0/s1. The van der Waals surface area contributed by atoms with Gasteiger partial charge in [-0.15, -0.1) is 0 Å². The van der Waals surface area contributed by atoms with Crippen molar-refractivity contribution in [3.8, 4) is 0 Å². The minimum absolute atomic E-state index is 0.00363. The average molecular weight is 574 g/mol. The van der Waals surface area contributed by atoms with E-state index in [1.54, 1.807) is 37.3 Å². The summed E-state index contributed by atoms with van der Waals surface area (Å²) in [7, 11) is -4.18. The van der Waals surface area contributed by atoms with Crippen molar-refractivity contribution in [3.05, 3.63) is 95.3 Å². The average Bonchev–Trinajstić information content (AvgIpc) is 2.92. The zero-order valence-corrected chi connectivity index (χ0v) is 23.8. The Hall–Kier alpha value is -3.43. The number of carbonyl (C=O) groups excluding carboxylic acids is 2. The molecule has 0 unspecified atom stereocenters. The summed E-state index contributed by atoms with van der Waals surface area (Å²) in [6, 6.07) is 18.7. The van der Waals surface area contributed by atoms with Gasteiger partial charge in [-0.25, -0.2) is 12.8 Å². The lowest BCUT2D eigenvalue weighted by Crippen LogP contribution is -2.52. The van der Waals surface area contributed by atoms with Gasteiger partial charge in [0.05, 0.1) is 10.6 Å². The number of sulfonamides is 1. The molecule has 3 aromatic carbocycles. The van der Waals surface area contributed by atoms with Crippen molar-refractivity contribution >= 4 is 39.1 Å². The lowest BCUT2D eigenvalue weighted by Gasteiger charge is -2.33. The minimum atomic E-state index is -4.18. The van der Waals surface area contributed by atoms with E-state index >= 15 is 0 Å². The van der Waals surface area contributed by atoms with Gasteiger partial charge in [0, 0.05) is 18.1 Å². The Bertz CT molecular complexity index is 1350. The molecule has 3 aromatic rings. The van der Waals surface area contributed by atoms with Gasteiger partial charge in [0.2, 0.25) is 11.8 Å². The Kier molecular flexibility index (Phi) is 10.5. The Balaban J connectivity index is 2.01. The van der Waals surface area contributed by atoms with Gasteiger partial charge in [0.25, 0.3) is 10.0 Å². The zero-order chi connectivity index (χ0) is 28.6. The molecule has 1 atom stereocenters. The van der Waals surface area contributed by atoms with Crippen LogP contribution in [-0.4, -0.2) is 44.3 Å². The van der Waals surface area contributed by atoms with Crippen LogP contribution in [0.4, 0.5) is 10.1 Å². The molecule has 0 fully saturated rings. The molecule has 39 heavy (non-hydrogen) atoms. The van der Waals surface area contributed by atoms with Crippen molar-refractivity contribution in [1.29, 1.82) is 0 Å². The predicted octanol–water partition coefficient (Wildman–Crippen LogP) is 5.25. The maximum Gasteiger partial charge on any atom is 0.264 e. The van der Waals surface area contributed by atoms with E-state index < -0.39 is 34.3 Å². The quantitative estimate of drug-likeness (QED) is 0.320. The van der Waals surface area contributed by atoms with E-state index in [9.17, 15) is 22.4 Å². The van der Waals surface area contributed by atoms with Gasteiger partial charge in [-0.05, 0) is 66.4 Å². The first kappa shape index (κ1) is 30.1. The van der Waals surface area contributed by atoms with Crippen LogP contribution in [0, 0.1) is 11.7 Å². The molecule has 208 valence electrons. The van der Waals surface area contributed by atoms with E-state index in [0.717, 1.165) is 4.31 Å². The molecule has 0 aliphatic rings. The highest BCUT2D eigenvalue weighted by atomic mass is 35.5. The Labute approximate surface area is 234 Å². The molecule has 2 amide bonds. The third kappa shape index (κ3) is 8.03. The fourth-order valence-corrected chi connectivity index (χ4v) is 5.53. The molecular weight excluding hydrogens is 541 g/mol. The van der Waals surface area contributed by atoms with Crippen molar-refractivity contribution in [2.75, 3.05) is 17.4 Å². The molecule has 0 heterocycles. The van der Waals surface area contributed by atoms with Crippen molar-refractivity contribution < 1.29 is 22.4 Å². The molecular formula is C29H33ClFN3O4S. The van der Waals surface area contributed by atoms with Crippen molar-refractivity contribution in [1.82, 2.24) is 10.2 Å². The van der Waals surface area contributed by atoms with Gasteiger partial charge in [0.15, 0.2) is 0 Å². The van der Waals surface area contributed by atoms with Crippen LogP contribution in [0.25, 0.3) is 0 Å². The number of amides is 2. The Morgan fingerprint density at radius 2 is 1.56 bits per heavy atom. The Morgan fingerprint density at radius 1 is 0.949 bits per heavy atom. The monoisotopic (exact) mass is 573 g/mol. The van der Waals surface area contributed by atoms with E-state index in [4.69, 9.17) is 11.6 Å². The molecule has 0 aliphatic heterocycles. The summed E-state index contributed by atoms with van der Waals surface area (Å²) in [5, 5.41) is 3.25. The van der Waals surface area contributed by atoms with Gasteiger partial charge < -0.3 is 10.2 Å². The highest BCUT2D eigenvalue weighted by Crippen LogP contribution is 2.25. The summed E-state index contributed by atoms with van der Waals surface area (Å²) in [5.41, 5.74) is 0.895. The predicted molar refractivity (Wildman–Crippen MR) is 151 cm³/mol. The van der Waals surface area contributed by atoms with Gasteiger partial charge in [0.1, 0.15) is 18.4 Å². The van der Waals surface area contributed by atoms with Crippen LogP contribution in [0.15, 0.2) is 83.8 Å². The second-order valence-corrected chi connectivity index (χ2v) is 11.8. The molecule has 0 spiro atoms. The zero-order valence-electron chi connectivity index (χ0n) is 22.2. The number of carbonyl (C=O) groups is 2. The summed E-state index contributed by atoms with van der Waals surface area (Å²) in [6.07, 6.45) is 0.298. The normalized spacial score (nSPS) is 12.2. The number of rotatable bonds is 12. The third-order valence-corrected chi connectivity index (χ3v) is 8.10. The molecule has 3 rings (SSSR count). The van der Waals surface area contributed by atoms with Gasteiger partial charge in [-0.2, -0.15) is 0 Å². The molecule has 0 saturated heterocycles. The number of hydrogen-bond donors (Lipinski definition) is 1.